The van der Waals surface area contributed by atoms with Crippen LogP contribution in [0.4, 0.5) is 11.4 Å². The molecule has 1 saturated carbocycles. The van der Waals surface area contributed by atoms with Crippen LogP contribution in [-0.2, 0) is 16.0 Å². The first kappa shape index (κ1) is 18.8. The van der Waals surface area contributed by atoms with Gasteiger partial charge in [0.05, 0.1) is 0 Å². The van der Waals surface area contributed by atoms with Gasteiger partial charge in [0.1, 0.15) is 0 Å². The van der Waals surface area contributed by atoms with E-state index in [0.29, 0.717) is 16.9 Å². The molecule has 5 heteroatoms. The van der Waals surface area contributed by atoms with Crippen LogP contribution >= 0.6 is 0 Å². The number of carbonyl (C=O) groups is 3. The van der Waals surface area contributed by atoms with Crippen molar-refractivity contribution in [3.8, 4) is 0 Å². The van der Waals surface area contributed by atoms with E-state index in [1.165, 1.54) is 5.56 Å². The highest BCUT2D eigenvalue weighted by atomic mass is 16.2. The Morgan fingerprint density at radius 2 is 1.59 bits per heavy atom. The zero-order valence-electron chi connectivity index (χ0n) is 15.5. The summed E-state index contributed by atoms with van der Waals surface area (Å²) < 4.78 is 0. The summed E-state index contributed by atoms with van der Waals surface area (Å²) in [6.45, 7) is 2.06. The van der Waals surface area contributed by atoms with Crippen molar-refractivity contribution in [2.75, 3.05) is 10.6 Å². The molecule has 1 aliphatic rings. The molecule has 140 valence electrons. The van der Waals surface area contributed by atoms with Gasteiger partial charge in [0, 0.05) is 35.7 Å². The van der Waals surface area contributed by atoms with E-state index in [0.717, 1.165) is 19.3 Å². The third kappa shape index (κ3) is 5.51. The minimum atomic E-state index is -0.223. The summed E-state index contributed by atoms with van der Waals surface area (Å²) in [5.41, 5.74) is 3.08. The second kappa shape index (κ2) is 8.62. The maximum Gasteiger partial charge on any atom is 0.227 e. The van der Waals surface area contributed by atoms with Gasteiger partial charge in [-0.25, -0.2) is 0 Å². The highest BCUT2D eigenvalue weighted by Gasteiger charge is 2.29. The summed E-state index contributed by atoms with van der Waals surface area (Å²) in [7, 11) is 0. The fraction of sp³-hybridized carbons (Fsp3) is 0.318. The van der Waals surface area contributed by atoms with Crippen LogP contribution in [0.5, 0.6) is 0 Å². The molecule has 3 rings (SSSR count). The molecule has 27 heavy (non-hydrogen) atoms. The molecule has 0 unspecified atom stereocenters. The maximum absolute atomic E-state index is 12.2. The van der Waals surface area contributed by atoms with Crippen LogP contribution in [0, 0.1) is 5.92 Å². The van der Waals surface area contributed by atoms with Gasteiger partial charge in [-0.1, -0.05) is 37.3 Å². The molecule has 2 N–H and O–H groups in total. The van der Waals surface area contributed by atoms with Gasteiger partial charge in [-0.05, 0) is 43.0 Å². The Morgan fingerprint density at radius 1 is 0.926 bits per heavy atom. The van der Waals surface area contributed by atoms with Crippen LogP contribution in [0.15, 0.2) is 48.5 Å². The molecule has 1 fully saturated rings. The number of aryl methyl sites for hydroxylation is 1. The normalized spacial score (nSPS) is 13.1. The fourth-order valence-electron chi connectivity index (χ4n) is 2.79. The number of ketones is 1. The molecule has 0 radical (unpaired) electrons. The minimum absolute atomic E-state index is 0.0261. The van der Waals surface area contributed by atoms with E-state index in [4.69, 9.17) is 0 Å². The molecule has 0 aliphatic heterocycles. The Labute approximate surface area is 159 Å². The molecule has 0 atom stereocenters. The van der Waals surface area contributed by atoms with E-state index in [9.17, 15) is 14.4 Å². The van der Waals surface area contributed by atoms with Crippen LogP contribution in [-0.4, -0.2) is 17.6 Å². The highest BCUT2D eigenvalue weighted by Crippen LogP contribution is 2.30. The van der Waals surface area contributed by atoms with Gasteiger partial charge in [0.25, 0.3) is 0 Å². The Hall–Kier alpha value is -2.95. The fourth-order valence-corrected chi connectivity index (χ4v) is 2.79. The number of anilines is 2. The lowest BCUT2D eigenvalue weighted by Gasteiger charge is -2.09. The van der Waals surface area contributed by atoms with Crippen LogP contribution in [0.25, 0.3) is 0 Å². The largest absolute Gasteiger partial charge is 0.326 e. The summed E-state index contributed by atoms with van der Waals surface area (Å²) in [4.78, 5) is 36.2. The maximum atomic E-state index is 12.2. The molecule has 2 aromatic carbocycles. The first-order valence-corrected chi connectivity index (χ1v) is 9.38. The third-order valence-corrected chi connectivity index (χ3v) is 4.63. The Morgan fingerprint density at radius 3 is 2.22 bits per heavy atom. The average molecular weight is 364 g/mol. The van der Waals surface area contributed by atoms with Crippen molar-refractivity contribution in [2.24, 2.45) is 5.92 Å². The number of nitrogens with one attached hydrogen (secondary N) is 2. The topological polar surface area (TPSA) is 75.3 Å². The minimum Gasteiger partial charge on any atom is -0.326 e. The SMILES string of the molecule is CCc1ccc(C(=O)CCC(=O)Nc2cccc(NC(=O)C3CC3)c2)cc1. The van der Waals surface area contributed by atoms with Crippen molar-refractivity contribution in [3.05, 3.63) is 59.7 Å². The van der Waals surface area contributed by atoms with Crippen LogP contribution in [0.3, 0.4) is 0 Å². The summed E-state index contributed by atoms with van der Waals surface area (Å²) in [5, 5.41) is 5.64. The van der Waals surface area contributed by atoms with Crippen molar-refractivity contribution in [1.29, 1.82) is 0 Å². The second-order valence-electron chi connectivity index (χ2n) is 6.87. The lowest BCUT2D eigenvalue weighted by molar-refractivity contribution is -0.117. The molecule has 0 bridgehead atoms. The molecule has 0 spiro atoms. The van der Waals surface area contributed by atoms with Gasteiger partial charge in [-0.3, -0.25) is 14.4 Å². The lowest BCUT2D eigenvalue weighted by atomic mass is 10.0. The molecule has 0 heterocycles. The Bertz CT molecular complexity index is 839. The van der Waals surface area contributed by atoms with E-state index in [1.54, 1.807) is 24.3 Å². The molecule has 1 aliphatic carbocycles. The predicted octanol–water partition coefficient (Wildman–Crippen LogP) is 4.20. The van der Waals surface area contributed by atoms with E-state index >= 15 is 0 Å². The number of hydrogen-bond acceptors (Lipinski definition) is 3. The van der Waals surface area contributed by atoms with Gasteiger partial charge in [0.2, 0.25) is 11.8 Å². The summed E-state index contributed by atoms with van der Waals surface area (Å²) in [6, 6.07) is 14.6. The van der Waals surface area contributed by atoms with Crippen molar-refractivity contribution in [3.63, 3.8) is 0 Å². The Kier molecular flexibility index (Phi) is 6.01. The molecule has 0 aromatic heterocycles. The molecular formula is C22H24N2O3. The van der Waals surface area contributed by atoms with Gasteiger partial charge in [-0.15, -0.1) is 0 Å². The smallest absolute Gasteiger partial charge is 0.227 e. The monoisotopic (exact) mass is 364 g/mol. The van der Waals surface area contributed by atoms with Gasteiger partial charge in [-0.2, -0.15) is 0 Å². The Balaban J connectivity index is 1.49. The second-order valence-corrected chi connectivity index (χ2v) is 6.87. The quantitative estimate of drug-likeness (QED) is 0.689. The van der Waals surface area contributed by atoms with E-state index in [1.807, 2.05) is 24.3 Å². The van der Waals surface area contributed by atoms with Crippen molar-refractivity contribution in [2.45, 2.75) is 39.0 Å². The van der Waals surface area contributed by atoms with E-state index in [2.05, 4.69) is 17.6 Å². The molecular weight excluding hydrogens is 340 g/mol. The number of Topliss-reactive ketones (excluding diaryl/α,β-unsaturated/α-hetero) is 1. The number of hydrogen-bond donors (Lipinski definition) is 2. The van der Waals surface area contributed by atoms with Gasteiger partial charge in [0.15, 0.2) is 5.78 Å². The van der Waals surface area contributed by atoms with E-state index < -0.39 is 0 Å². The standard InChI is InChI=1S/C22H24N2O3/c1-2-15-6-8-16(9-7-15)20(25)12-13-21(26)23-18-4-3-5-19(14-18)24-22(27)17-10-11-17/h3-9,14,17H,2,10-13H2,1H3,(H,23,26)(H,24,27). The lowest BCUT2D eigenvalue weighted by Crippen LogP contribution is -2.15. The van der Waals surface area contributed by atoms with E-state index in [-0.39, 0.29) is 36.4 Å². The van der Waals surface area contributed by atoms with Crippen LogP contribution in [0.2, 0.25) is 0 Å². The van der Waals surface area contributed by atoms with Crippen molar-refractivity contribution >= 4 is 29.0 Å². The highest BCUT2D eigenvalue weighted by molar-refractivity contribution is 6.00. The number of rotatable bonds is 8. The van der Waals surface area contributed by atoms with Crippen LogP contribution in [0.1, 0.15) is 48.5 Å². The molecule has 2 amide bonds. The third-order valence-electron chi connectivity index (χ3n) is 4.63. The first-order valence-electron chi connectivity index (χ1n) is 9.38. The summed E-state index contributed by atoms with van der Waals surface area (Å²) >= 11 is 0. The van der Waals surface area contributed by atoms with Gasteiger partial charge >= 0.3 is 0 Å². The van der Waals surface area contributed by atoms with Crippen molar-refractivity contribution < 1.29 is 14.4 Å². The van der Waals surface area contributed by atoms with Gasteiger partial charge < -0.3 is 10.6 Å². The zero-order chi connectivity index (χ0) is 19.2. The molecule has 2 aromatic rings. The number of benzene rings is 2. The molecule has 0 saturated heterocycles. The number of carbonyl (C=O) groups excluding carboxylic acids is 3. The zero-order valence-corrected chi connectivity index (χ0v) is 15.5. The molecule has 5 nitrogen and oxygen atoms in total. The summed E-state index contributed by atoms with van der Waals surface area (Å²) in [5.74, 6) is -0.115. The number of amides is 2. The predicted molar refractivity (Wildman–Crippen MR) is 106 cm³/mol. The summed E-state index contributed by atoms with van der Waals surface area (Å²) in [6.07, 6.45) is 3.09. The van der Waals surface area contributed by atoms with Crippen LogP contribution < -0.4 is 10.6 Å². The van der Waals surface area contributed by atoms with Crippen molar-refractivity contribution in [1.82, 2.24) is 0 Å². The average Bonchev–Trinajstić information content (AvgIpc) is 3.52. The first-order chi connectivity index (χ1) is 13.0.